The topological polar surface area (TPSA) is 30.2 Å². The maximum absolute atomic E-state index is 11.7. The number of carbonyl (C=O) groups excluding carboxylic acids is 1. The molecule has 1 aromatic heterocycles. The minimum Gasteiger partial charge on any atom is -0.458 e. The highest BCUT2D eigenvalue weighted by Gasteiger charge is 2.06. The molecule has 0 saturated carbocycles. The van der Waals surface area contributed by atoms with Crippen LogP contribution in [0.2, 0.25) is 0 Å². The zero-order valence-corrected chi connectivity index (χ0v) is 10.9. The molecule has 0 aliphatic heterocycles. The quantitative estimate of drug-likeness (QED) is 0.625. The van der Waals surface area contributed by atoms with Crippen LogP contribution in [0.25, 0.3) is 6.08 Å². The molecule has 0 bridgehead atoms. The van der Waals surface area contributed by atoms with Gasteiger partial charge in [0, 0.05) is 4.47 Å². The molecule has 0 atom stereocenters. The van der Waals surface area contributed by atoms with Crippen LogP contribution in [0.1, 0.15) is 21.9 Å². The highest BCUT2D eigenvalue weighted by Crippen LogP contribution is 2.17. The van der Waals surface area contributed by atoms with Gasteiger partial charge in [0.2, 0.25) is 5.78 Å². The van der Waals surface area contributed by atoms with E-state index in [1.165, 1.54) is 6.08 Å². The number of rotatable bonds is 3. The Kier molecular flexibility index (Phi) is 3.59. The summed E-state index contributed by atoms with van der Waals surface area (Å²) in [5, 5.41) is 0. The van der Waals surface area contributed by atoms with Crippen LogP contribution in [0.5, 0.6) is 0 Å². The average molecular weight is 291 g/mol. The van der Waals surface area contributed by atoms with E-state index in [0.717, 1.165) is 15.8 Å². The van der Waals surface area contributed by atoms with Crippen LogP contribution in [0.4, 0.5) is 0 Å². The number of benzene rings is 1. The van der Waals surface area contributed by atoms with Crippen molar-refractivity contribution in [3.05, 3.63) is 64.0 Å². The number of ketones is 1. The van der Waals surface area contributed by atoms with Gasteiger partial charge in [0.05, 0.1) is 0 Å². The molecule has 1 heterocycles. The van der Waals surface area contributed by atoms with Crippen molar-refractivity contribution in [1.82, 2.24) is 0 Å². The Morgan fingerprint density at radius 3 is 2.65 bits per heavy atom. The first-order valence-corrected chi connectivity index (χ1v) is 5.99. The number of furan rings is 1. The van der Waals surface area contributed by atoms with Gasteiger partial charge in [0.15, 0.2) is 5.76 Å². The number of hydrogen-bond donors (Lipinski definition) is 0. The monoisotopic (exact) mass is 290 g/mol. The Morgan fingerprint density at radius 1 is 1.24 bits per heavy atom. The first kappa shape index (κ1) is 11.9. The van der Waals surface area contributed by atoms with Crippen LogP contribution in [-0.2, 0) is 0 Å². The van der Waals surface area contributed by atoms with E-state index in [4.69, 9.17) is 4.42 Å². The van der Waals surface area contributed by atoms with E-state index in [2.05, 4.69) is 15.9 Å². The van der Waals surface area contributed by atoms with Crippen LogP contribution in [0.15, 0.2) is 51.4 Å². The van der Waals surface area contributed by atoms with E-state index >= 15 is 0 Å². The fraction of sp³-hybridized carbons (Fsp3) is 0.0714. The van der Waals surface area contributed by atoms with E-state index in [1.807, 2.05) is 31.2 Å². The second-order valence-corrected chi connectivity index (χ2v) is 4.48. The molecular formula is C14H11BrO2. The highest BCUT2D eigenvalue weighted by molar-refractivity contribution is 9.10. The maximum Gasteiger partial charge on any atom is 0.221 e. The lowest BCUT2D eigenvalue weighted by molar-refractivity contribution is 0.102. The summed E-state index contributed by atoms with van der Waals surface area (Å²) in [7, 11) is 0. The molecule has 0 radical (unpaired) electrons. The van der Waals surface area contributed by atoms with Gasteiger partial charge < -0.3 is 4.42 Å². The van der Waals surface area contributed by atoms with E-state index in [0.29, 0.717) is 5.76 Å². The van der Waals surface area contributed by atoms with Gasteiger partial charge in [-0.3, -0.25) is 4.79 Å². The Morgan fingerprint density at radius 2 is 2.00 bits per heavy atom. The van der Waals surface area contributed by atoms with Gasteiger partial charge in [-0.1, -0.05) is 34.1 Å². The SMILES string of the molecule is Cc1ccc(C(=O)C=Cc2ccccc2Br)o1. The van der Waals surface area contributed by atoms with Crippen molar-refractivity contribution in [1.29, 1.82) is 0 Å². The lowest BCUT2D eigenvalue weighted by Gasteiger charge is -1.96. The van der Waals surface area contributed by atoms with Crippen LogP contribution in [0.3, 0.4) is 0 Å². The Balaban J connectivity index is 2.17. The van der Waals surface area contributed by atoms with Crippen molar-refractivity contribution in [3.63, 3.8) is 0 Å². The van der Waals surface area contributed by atoms with Gasteiger partial charge in [-0.2, -0.15) is 0 Å². The first-order chi connectivity index (χ1) is 8.16. The van der Waals surface area contributed by atoms with Crippen LogP contribution in [0, 0.1) is 6.92 Å². The third-order valence-electron chi connectivity index (χ3n) is 2.30. The van der Waals surface area contributed by atoms with E-state index in [1.54, 1.807) is 18.2 Å². The lowest BCUT2D eigenvalue weighted by atomic mass is 10.2. The summed E-state index contributed by atoms with van der Waals surface area (Å²) >= 11 is 3.42. The van der Waals surface area contributed by atoms with Gasteiger partial charge in [-0.25, -0.2) is 0 Å². The Hall–Kier alpha value is -1.61. The molecular weight excluding hydrogens is 280 g/mol. The second kappa shape index (κ2) is 5.15. The van der Waals surface area contributed by atoms with Crippen molar-refractivity contribution >= 4 is 27.8 Å². The molecule has 86 valence electrons. The van der Waals surface area contributed by atoms with Crippen LogP contribution in [-0.4, -0.2) is 5.78 Å². The average Bonchev–Trinajstić information content (AvgIpc) is 2.74. The molecule has 0 aliphatic rings. The minimum atomic E-state index is -0.131. The third-order valence-corrected chi connectivity index (χ3v) is 3.02. The predicted molar refractivity (Wildman–Crippen MR) is 71.0 cm³/mol. The highest BCUT2D eigenvalue weighted by atomic mass is 79.9. The molecule has 0 fully saturated rings. The van der Waals surface area contributed by atoms with Gasteiger partial charge in [-0.05, 0) is 42.8 Å². The Labute approximate surface area is 108 Å². The molecule has 17 heavy (non-hydrogen) atoms. The summed E-state index contributed by atoms with van der Waals surface area (Å²) in [4.78, 5) is 11.7. The first-order valence-electron chi connectivity index (χ1n) is 5.20. The summed E-state index contributed by atoms with van der Waals surface area (Å²) < 4.78 is 6.21. The third kappa shape index (κ3) is 2.94. The summed E-state index contributed by atoms with van der Waals surface area (Å²) in [5.41, 5.74) is 0.962. The van der Waals surface area contributed by atoms with E-state index in [9.17, 15) is 4.79 Å². The van der Waals surface area contributed by atoms with Crippen molar-refractivity contribution in [2.45, 2.75) is 6.92 Å². The lowest BCUT2D eigenvalue weighted by Crippen LogP contribution is -1.90. The molecule has 0 unspecified atom stereocenters. The minimum absolute atomic E-state index is 0.131. The molecule has 2 rings (SSSR count). The normalized spacial score (nSPS) is 10.9. The fourth-order valence-electron chi connectivity index (χ4n) is 1.42. The van der Waals surface area contributed by atoms with Crippen molar-refractivity contribution in [2.24, 2.45) is 0 Å². The summed E-state index contributed by atoms with van der Waals surface area (Å²) in [6.45, 7) is 1.81. The standard InChI is InChI=1S/C14H11BrO2/c1-10-6-9-14(17-10)13(16)8-7-11-4-2-3-5-12(11)15/h2-9H,1H3. The van der Waals surface area contributed by atoms with Crippen molar-refractivity contribution < 1.29 is 9.21 Å². The zero-order valence-electron chi connectivity index (χ0n) is 9.31. The number of allylic oxidation sites excluding steroid dienone is 1. The number of carbonyl (C=O) groups is 1. The van der Waals surface area contributed by atoms with Crippen LogP contribution >= 0.6 is 15.9 Å². The Bertz CT molecular complexity index is 567. The van der Waals surface area contributed by atoms with Crippen LogP contribution < -0.4 is 0 Å². The molecule has 0 aliphatic carbocycles. The van der Waals surface area contributed by atoms with E-state index < -0.39 is 0 Å². The number of hydrogen-bond acceptors (Lipinski definition) is 2. The fourth-order valence-corrected chi connectivity index (χ4v) is 1.84. The summed E-state index contributed by atoms with van der Waals surface area (Å²) in [6.07, 6.45) is 3.28. The van der Waals surface area contributed by atoms with Gasteiger partial charge in [0.1, 0.15) is 5.76 Å². The molecule has 1 aromatic carbocycles. The number of halogens is 1. The zero-order chi connectivity index (χ0) is 12.3. The molecule has 0 N–H and O–H groups in total. The molecule has 2 nitrogen and oxygen atoms in total. The smallest absolute Gasteiger partial charge is 0.221 e. The summed E-state index contributed by atoms with van der Waals surface area (Å²) in [6, 6.07) is 11.2. The van der Waals surface area contributed by atoms with Gasteiger partial charge >= 0.3 is 0 Å². The largest absolute Gasteiger partial charge is 0.458 e. The molecule has 0 spiro atoms. The molecule has 2 aromatic rings. The molecule has 0 amide bonds. The predicted octanol–water partition coefficient (Wildman–Crippen LogP) is 4.25. The maximum atomic E-state index is 11.7. The van der Waals surface area contributed by atoms with E-state index in [-0.39, 0.29) is 5.78 Å². The molecule has 0 saturated heterocycles. The summed E-state index contributed by atoms with van der Waals surface area (Å²) in [5.74, 6) is 0.974. The van der Waals surface area contributed by atoms with Crippen molar-refractivity contribution in [3.8, 4) is 0 Å². The second-order valence-electron chi connectivity index (χ2n) is 3.63. The van der Waals surface area contributed by atoms with Gasteiger partial charge in [-0.15, -0.1) is 0 Å². The van der Waals surface area contributed by atoms with Crippen molar-refractivity contribution in [2.75, 3.05) is 0 Å². The van der Waals surface area contributed by atoms with Gasteiger partial charge in [0.25, 0.3) is 0 Å². The molecule has 3 heteroatoms. The number of aryl methyl sites for hydroxylation is 1.